The molecule has 1 rings (SSSR count). The molecule has 0 aliphatic heterocycles. The molecule has 6 heteroatoms. The molecule has 14 heavy (non-hydrogen) atoms. The third-order valence-electron chi connectivity index (χ3n) is 1.44. The molecule has 4 nitrogen and oxygen atoms in total. The molecule has 0 aliphatic carbocycles. The first-order chi connectivity index (χ1) is 6.60. The van der Waals surface area contributed by atoms with E-state index in [0.29, 0.717) is 0 Å². The van der Waals surface area contributed by atoms with Gasteiger partial charge in [0.15, 0.2) is 5.69 Å². The summed E-state index contributed by atoms with van der Waals surface area (Å²) < 4.78 is 4.44. The van der Waals surface area contributed by atoms with E-state index >= 15 is 0 Å². The molecule has 72 valence electrons. The molecule has 0 radical (unpaired) electrons. The van der Waals surface area contributed by atoms with Gasteiger partial charge < -0.3 is 4.74 Å². The normalized spacial score (nSPS) is 9.29. The number of nitriles is 1. The van der Waals surface area contributed by atoms with Gasteiger partial charge in [-0.1, -0.05) is 23.2 Å². The lowest BCUT2D eigenvalue weighted by atomic mass is 10.2. The first kappa shape index (κ1) is 10.8. The van der Waals surface area contributed by atoms with Gasteiger partial charge in [0.1, 0.15) is 11.2 Å². The van der Waals surface area contributed by atoms with E-state index in [-0.39, 0.29) is 21.4 Å². The number of carbonyl (C=O) groups is 1. The van der Waals surface area contributed by atoms with Crippen molar-refractivity contribution in [2.45, 2.75) is 0 Å². The molecular formula is C8H4Cl2N2O2. The van der Waals surface area contributed by atoms with Gasteiger partial charge in [-0.3, -0.25) is 0 Å². The van der Waals surface area contributed by atoms with E-state index in [9.17, 15) is 4.79 Å². The van der Waals surface area contributed by atoms with Crippen molar-refractivity contribution in [3.8, 4) is 6.07 Å². The third-order valence-corrected chi connectivity index (χ3v) is 2.02. The Morgan fingerprint density at radius 2 is 2.29 bits per heavy atom. The van der Waals surface area contributed by atoms with E-state index < -0.39 is 5.97 Å². The highest BCUT2D eigenvalue weighted by atomic mass is 35.5. The number of hydrogen-bond acceptors (Lipinski definition) is 4. The van der Waals surface area contributed by atoms with Crippen LogP contribution in [0.1, 0.15) is 16.1 Å². The summed E-state index contributed by atoms with van der Waals surface area (Å²) in [5.74, 6) is -0.645. The maximum Gasteiger partial charge on any atom is 0.341 e. The molecule has 0 amide bonds. The van der Waals surface area contributed by atoms with Gasteiger partial charge in [0.25, 0.3) is 0 Å². The second-order valence-electron chi connectivity index (χ2n) is 2.26. The SMILES string of the molecule is COC(=O)c1cc(Cl)c(C#N)nc1Cl. The Kier molecular flexibility index (Phi) is 3.28. The molecular weight excluding hydrogens is 227 g/mol. The lowest BCUT2D eigenvalue weighted by Crippen LogP contribution is -2.04. The van der Waals surface area contributed by atoms with Gasteiger partial charge in [0.2, 0.25) is 0 Å². The van der Waals surface area contributed by atoms with Crippen LogP contribution in [-0.2, 0) is 4.74 Å². The van der Waals surface area contributed by atoms with E-state index in [1.807, 2.05) is 0 Å². The summed E-state index contributed by atoms with van der Waals surface area (Å²) in [6, 6.07) is 2.99. The van der Waals surface area contributed by atoms with E-state index in [2.05, 4.69) is 9.72 Å². The zero-order valence-electron chi connectivity index (χ0n) is 7.04. The number of carbonyl (C=O) groups excluding carboxylic acids is 1. The van der Waals surface area contributed by atoms with Gasteiger partial charge in [-0.25, -0.2) is 9.78 Å². The summed E-state index contributed by atoms with van der Waals surface area (Å²) in [6.07, 6.45) is 0. The summed E-state index contributed by atoms with van der Waals surface area (Å²) in [4.78, 5) is 14.7. The average Bonchev–Trinajstić information content (AvgIpc) is 2.19. The minimum absolute atomic E-state index is 0.0238. The molecule has 0 aromatic carbocycles. The summed E-state index contributed by atoms with van der Waals surface area (Å²) >= 11 is 11.3. The number of halogens is 2. The van der Waals surface area contributed by atoms with Crippen molar-refractivity contribution in [2.24, 2.45) is 0 Å². The van der Waals surface area contributed by atoms with Gasteiger partial charge in [0, 0.05) is 0 Å². The number of ether oxygens (including phenoxy) is 1. The Morgan fingerprint density at radius 1 is 1.64 bits per heavy atom. The van der Waals surface area contributed by atoms with E-state index in [4.69, 9.17) is 28.5 Å². The highest BCUT2D eigenvalue weighted by molar-refractivity contribution is 6.35. The Hall–Kier alpha value is -1.31. The monoisotopic (exact) mass is 230 g/mol. The second kappa shape index (κ2) is 4.27. The van der Waals surface area contributed by atoms with Crippen LogP contribution in [-0.4, -0.2) is 18.1 Å². The van der Waals surface area contributed by atoms with Crippen LogP contribution in [0, 0.1) is 11.3 Å². The number of methoxy groups -OCH3 is 1. The highest BCUT2D eigenvalue weighted by Gasteiger charge is 2.15. The fourth-order valence-electron chi connectivity index (χ4n) is 0.798. The Balaban J connectivity index is 3.30. The Morgan fingerprint density at radius 3 is 2.79 bits per heavy atom. The molecule has 1 heterocycles. The quantitative estimate of drug-likeness (QED) is 0.548. The van der Waals surface area contributed by atoms with E-state index in [0.717, 1.165) is 0 Å². The Bertz CT molecular complexity index is 426. The first-order valence-corrected chi connectivity index (χ1v) is 4.20. The molecule has 0 saturated heterocycles. The van der Waals surface area contributed by atoms with Crippen molar-refractivity contribution in [1.29, 1.82) is 5.26 Å². The van der Waals surface area contributed by atoms with Gasteiger partial charge in [-0.15, -0.1) is 0 Å². The topological polar surface area (TPSA) is 63.0 Å². The highest BCUT2D eigenvalue weighted by Crippen LogP contribution is 2.21. The van der Waals surface area contributed by atoms with Crippen molar-refractivity contribution >= 4 is 29.2 Å². The van der Waals surface area contributed by atoms with Crippen molar-refractivity contribution in [3.63, 3.8) is 0 Å². The molecule has 0 unspecified atom stereocenters. The summed E-state index contributed by atoms with van der Waals surface area (Å²) in [7, 11) is 1.21. The van der Waals surface area contributed by atoms with E-state index in [1.54, 1.807) is 6.07 Å². The maximum absolute atomic E-state index is 11.1. The number of pyridine rings is 1. The summed E-state index contributed by atoms with van der Waals surface area (Å²) in [5.41, 5.74) is 0.0162. The Labute approximate surface area is 90.0 Å². The predicted octanol–water partition coefficient (Wildman–Crippen LogP) is 2.05. The van der Waals surface area contributed by atoms with E-state index in [1.165, 1.54) is 13.2 Å². The zero-order valence-corrected chi connectivity index (χ0v) is 8.56. The van der Waals surface area contributed by atoms with Crippen molar-refractivity contribution in [3.05, 3.63) is 27.5 Å². The largest absolute Gasteiger partial charge is 0.465 e. The summed E-state index contributed by atoms with van der Waals surface area (Å²) in [6.45, 7) is 0. The minimum atomic E-state index is -0.645. The minimum Gasteiger partial charge on any atom is -0.465 e. The summed E-state index contributed by atoms with van der Waals surface area (Å²) in [5, 5.41) is 8.53. The molecule has 1 aromatic rings. The van der Waals surface area contributed by atoms with Crippen LogP contribution >= 0.6 is 23.2 Å². The molecule has 0 aliphatic rings. The lowest BCUT2D eigenvalue weighted by molar-refractivity contribution is 0.0600. The molecule has 1 aromatic heterocycles. The van der Waals surface area contributed by atoms with Gasteiger partial charge in [0.05, 0.1) is 17.7 Å². The maximum atomic E-state index is 11.1. The molecule has 0 bridgehead atoms. The van der Waals surface area contributed by atoms with Gasteiger partial charge in [-0.05, 0) is 6.07 Å². The fraction of sp³-hybridized carbons (Fsp3) is 0.125. The first-order valence-electron chi connectivity index (χ1n) is 3.44. The van der Waals surface area contributed by atoms with Crippen LogP contribution in [0.25, 0.3) is 0 Å². The van der Waals surface area contributed by atoms with Crippen LogP contribution in [0.3, 0.4) is 0 Å². The van der Waals surface area contributed by atoms with Crippen LogP contribution in [0.5, 0.6) is 0 Å². The molecule has 0 saturated carbocycles. The fourth-order valence-corrected chi connectivity index (χ4v) is 1.21. The zero-order chi connectivity index (χ0) is 10.7. The van der Waals surface area contributed by atoms with Crippen molar-refractivity contribution in [2.75, 3.05) is 7.11 Å². The van der Waals surface area contributed by atoms with Crippen LogP contribution in [0.4, 0.5) is 0 Å². The lowest BCUT2D eigenvalue weighted by Gasteiger charge is -2.02. The predicted molar refractivity (Wildman–Crippen MR) is 50.3 cm³/mol. The van der Waals surface area contributed by atoms with Crippen molar-refractivity contribution < 1.29 is 9.53 Å². The molecule has 0 spiro atoms. The molecule has 0 fully saturated rings. The van der Waals surface area contributed by atoms with Crippen LogP contribution in [0.2, 0.25) is 10.2 Å². The number of esters is 1. The third kappa shape index (κ3) is 1.95. The second-order valence-corrected chi connectivity index (χ2v) is 3.03. The number of rotatable bonds is 1. The standard InChI is InChI=1S/C8H4Cl2N2O2/c1-14-8(13)4-2-5(9)6(3-11)12-7(4)10/h2H,1H3. The molecule has 0 N–H and O–H groups in total. The van der Waals surface area contributed by atoms with Gasteiger partial charge >= 0.3 is 5.97 Å². The average molecular weight is 231 g/mol. The smallest absolute Gasteiger partial charge is 0.341 e. The van der Waals surface area contributed by atoms with Crippen LogP contribution in [0.15, 0.2) is 6.07 Å². The van der Waals surface area contributed by atoms with Gasteiger partial charge in [-0.2, -0.15) is 5.26 Å². The van der Waals surface area contributed by atoms with Crippen LogP contribution < -0.4 is 0 Å². The molecule has 0 atom stereocenters. The number of aromatic nitrogens is 1. The van der Waals surface area contributed by atoms with Crippen molar-refractivity contribution in [1.82, 2.24) is 4.98 Å². The number of nitrogens with zero attached hydrogens (tertiary/aromatic N) is 2. The number of hydrogen-bond donors (Lipinski definition) is 0.